The smallest absolute Gasteiger partial charge is 0.229 e. The monoisotopic (exact) mass is 316 g/mol. The third-order valence-electron chi connectivity index (χ3n) is 3.26. The molecule has 3 rings (SSSR count). The highest BCUT2D eigenvalue weighted by Gasteiger charge is 2.06. The summed E-state index contributed by atoms with van der Waals surface area (Å²) in [6.07, 6.45) is -0.519. The van der Waals surface area contributed by atoms with Crippen LogP contribution in [0, 0.1) is 0 Å². The van der Waals surface area contributed by atoms with Gasteiger partial charge in [0.2, 0.25) is 5.95 Å². The molecular formula is C16H17ClN4O. The van der Waals surface area contributed by atoms with Crippen LogP contribution in [0.4, 0.5) is 17.5 Å². The fourth-order valence-corrected chi connectivity index (χ4v) is 2.16. The average molecular weight is 317 g/mol. The van der Waals surface area contributed by atoms with E-state index in [0.29, 0.717) is 11.8 Å². The van der Waals surface area contributed by atoms with Crippen molar-refractivity contribution in [1.82, 2.24) is 9.97 Å². The standard InChI is InChI=1S/C16H16N4O.ClH/c1-10(21)11-5-4-6-12(9-11)18-16-19-14-8-3-2-7-13(14)15(17)20-16;/h2-10,21H,1H3,(H3,17,18,19,20);1H. The van der Waals surface area contributed by atoms with E-state index in [2.05, 4.69) is 15.3 Å². The Morgan fingerprint density at radius 2 is 1.86 bits per heavy atom. The summed E-state index contributed by atoms with van der Waals surface area (Å²) < 4.78 is 0. The number of aliphatic hydroxyl groups is 1. The second-order valence-corrected chi connectivity index (χ2v) is 4.88. The number of hydrogen-bond donors (Lipinski definition) is 3. The highest BCUT2D eigenvalue weighted by molar-refractivity contribution is 5.89. The maximum atomic E-state index is 9.62. The Morgan fingerprint density at radius 1 is 1.09 bits per heavy atom. The van der Waals surface area contributed by atoms with E-state index < -0.39 is 6.10 Å². The van der Waals surface area contributed by atoms with Crippen LogP contribution in [0.15, 0.2) is 48.5 Å². The van der Waals surface area contributed by atoms with Gasteiger partial charge in [-0.3, -0.25) is 0 Å². The van der Waals surface area contributed by atoms with E-state index in [1.54, 1.807) is 6.92 Å². The van der Waals surface area contributed by atoms with Gasteiger partial charge < -0.3 is 16.2 Å². The molecule has 1 aromatic heterocycles. The molecule has 0 aliphatic rings. The maximum absolute atomic E-state index is 9.62. The molecule has 0 radical (unpaired) electrons. The van der Waals surface area contributed by atoms with E-state index >= 15 is 0 Å². The van der Waals surface area contributed by atoms with Crippen molar-refractivity contribution in [2.24, 2.45) is 0 Å². The quantitative estimate of drug-likeness (QED) is 0.689. The maximum Gasteiger partial charge on any atom is 0.229 e. The van der Waals surface area contributed by atoms with E-state index in [-0.39, 0.29) is 12.4 Å². The molecular weight excluding hydrogens is 300 g/mol. The summed E-state index contributed by atoms with van der Waals surface area (Å²) in [6.45, 7) is 1.73. The number of benzene rings is 2. The van der Waals surface area contributed by atoms with Crippen LogP contribution in [0.1, 0.15) is 18.6 Å². The van der Waals surface area contributed by atoms with Gasteiger partial charge in [0.1, 0.15) is 5.82 Å². The summed E-state index contributed by atoms with van der Waals surface area (Å²) in [7, 11) is 0. The zero-order valence-electron chi connectivity index (χ0n) is 12.0. The lowest BCUT2D eigenvalue weighted by molar-refractivity contribution is 0.199. The summed E-state index contributed by atoms with van der Waals surface area (Å²) >= 11 is 0. The highest BCUT2D eigenvalue weighted by Crippen LogP contribution is 2.23. The van der Waals surface area contributed by atoms with Gasteiger partial charge in [0.05, 0.1) is 11.6 Å². The number of anilines is 3. The predicted molar refractivity (Wildman–Crippen MR) is 91.6 cm³/mol. The fraction of sp³-hybridized carbons (Fsp3) is 0.125. The van der Waals surface area contributed by atoms with Crippen molar-refractivity contribution >= 4 is 40.8 Å². The van der Waals surface area contributed by atoms with E-state index in [0.717, 1.165) is 22.2 Å². The molecule has 114 valence electrons. The minimum atomic E-state index is -0.519. The molecule has 3 aromatic rings. The SMILES string of the molecule is CC(O)c1cccc(Nc2nc(N)c3ccccc3n2)c1.Cl. The minimum absolute atomic E-state index is 0. The third-order valence-corrected chi connectivity index (χ3v) is 3.26. The number of aromatic nitrogens is 2. The zero-order valence-corrected chi connectivity index (χ0v) is 12.8. The van der Waals surface area contributed by atoms with Gasteiger partial charge in [-0.1, -0.05) is 24.3 Å². The number of rotatable bonds is 3. The molecule has 22 heavy (non-hydrogen) atoms. The molecule has 0 saturated heterocycles. The molecule has 4 N–H and O–H groups in total. The molecule has 0 bridgehead atoms. The molecule has 0 amide bonds. The van der Waals surface area contributed by atoms with E-state index in [1.165, 1.54) is 0 Å². The topological polar surface area (TPSA) is 84.1 Å². The zero-order chi connectivity index (χ0) is 14.8. The van der Waals surface area contributed by atoms with Crippen LogP contribution in [0.2, 0.25) is 0 Å². The first-order chi connectivity index (χ1) is 10.1. The number of para-hydroxylation sites is 1. The first kappa shape index (κ1) is 16.0. The van der Waals surface area contributed by atoms with Gasteiger partial charge in [0.15, 0.2) is 0 Å². The van der Waals surface area contributed by atoms with E-state index in [4.69, 9.17) is 5.73 Å². The third kappa shape index (κ3) is 3.27. The summed E-state index contributed by atoms with van der Waals surface area (Å²) in [5.41, 5.74) is 8.38. The Morgan fingerprint density at radius 3 is 2.64 bits per heavy atom. The van der Waals surface area contributed by atoms with Crippen LogP contribution >= 0.6 is 12.4 Å². The Bertz CT molecular complexity index is 792. The number of nitrogens with two attached hydrogens (primary N) is 1. The highest BCUT2D eigenvalue weighted by atomic mass is 35.5. The lowest BCUT2D eigenvalue weighted by Gasteiger charge is -2.10. The van der Waals surface area contributed by atoms with Gasteiger partial charge in [-0.15, -0.1) is 12.4 Å². The van der Waals surface area contributed by atoms with Crippen LogP contribution in [0.25, 0.3) is 10.9 Å². The molecule has 0 aliphatic carbocycles. The molecule has 0 saturated carbocycles. The summed E-state index contributed by atoms with van der Waals surface area (Å²) in [4.78, 5) is 8.71. The summed E-state index contributed by atoms with van der Waals surface area (Å²) in [5, 5.41) is 13.6. The van der Waals surface area contributed by atoms with Crippen LogP contribution in [-0.2, 0) is 0 Å². The predicted octanol–water partition coefficient (Wildman–Crippen LogP) is 3.43. The number of hydrogen-bond acceptors (Lipinski definition) is 5. The van der Waals surface area contributed by atoms with Crippen LogP contribution in [0.5, 0.6) is 0 Å². The molecule has 2 aromatic carbocycles. The first-order valence-corrected chi connectivity index (χ1v) is 6.71. The molecule has 0 spiro atoms. The Hall–Kier alpha value is -2.37. The second kappa shape index (κ2) is 6.60. The summed E-state index contributed by atoms with van der Waals surface area (Å²) in [6, 6.07) is 15.1. The van der Waals surface area contributed by atoms with Crippen molar-refractivity contribution in [3.8, 4) is 0 Å². The van der Waals surface area contributed by atoms with Crippen molar-refractivity contribution in [1.29, 1.82) is 0 Å². The Labute approximate surface area is 134 Å². The van der Waals surface area contributed by atoms with Gasteiger partial charge in [-0.2, -0.15) is 4.98 Å². The molecule has 0 aliphatic heterocycles. The van der Waals surface area contributed by atoms with Crippen LogP contribution < -0.4 is 11.1 Å². The first-order valence-electron chi connectivity index (χ1n) is 6.71. The normalized spacial score (nSPS) is 11.7. The Kier molecular flexibility index (Phi) is 4.80. The van der Waals surface area contributed by atoms with Gasteiger partial charge >= 0.3 is 0 Å². The van der Waals surface area contributed by atoms with Crippen molar-refractivity contribution in [2.75, 3.05) is 11.1 Å². The number of halogens is 1. The van der Waals surface area contributed by atoms with Crippen LogP contribution in [0.3, 0.4) is 0 Å². The minimum Gasteiger partial charge on any atom is -0.389 e. The second-order valence-electron chi connectivity index (χ2n) is 4.88. The Balaban J connectivity index is 0.00000176. The van der Waals surface area contributed by atoms with E-state index in [1.807, 2.05) is 48.5 Å². The lowest BCUT2D eigenvalue weighted by Crippen LogP contribution is -2.02. The van der Waals surface area contributed by atoms with Gasteiger partial charge in [0.25, 0.3) is 0 Å². The molecule has 1 unspecified atom stereocenters. The molecule has 1 atom stereocenters. The van der Waals surface area contributed by atoms with Gasteiger partial charge in [-0.25, -0.2) is 4.98 Å². The molecule has 0 fully saturated rings. The molecule has 1 heterocycles. The molecule has 6 heteroatoms. The average Bonchev–Trinajstić information content (AvgIpc) is 2.47. The number of aliphatic hydroxyl groups excluding tert-OH is 1. The van der Waals surface area contributed by atoms with Crippen molar-refractivity contribution in [2.45, 2.75) is 13.0 Å². The van der Waals surface area contributed by atoms with Gasteiger partial charge in [-0.05, 0) is 36.8 Å². The van der Waals surface area contributed by atoms with Gasteiger partial charge in [0, 0.05) is 11.1 Å². The number of nitrogen functional groups attached to an aromatic ring is 1. The fourth-order valence-electron chi connectivity index (χ4n) is 2.16. The lowest BCUT2D eigenvalue weighted by atomic mass is 10.1. The van der Waals surface area contributed by atoms with Crippen molar-refractivity contribution in [3.05, 3.63) is 54.1 Å². The number of nitrogens with one attached hydrogen (secondary N) is 1. The number of fused-ring (bicyclic) bond motifs is 1. The van der Waals surface area contributed by atoms with Crippen molar-refractivity contribution in [3.63, 3.8) is 0 Å². The number of nitrogens with zero attached hydrogens (tertiary/aromatic N) is 2. The van der Waals surface area contributed by atoms with E-state index in [9.17, 15) is 5.11 Å². The van der Waals surface area contributed by atoms with Crippen molar-refractivity contribution < 1.29 is 5.11 Å². The van der Waals surface area contributed by atoms with Crippen LogP contribution in [-0.4, -0.2) is 15.1 Å². The molecule has 5 nitrogen and oxygen atoms in total. The summed E-state index contributed by atoms with van der Waals surface area (Å²) in [5.74, 6) is 0.878. The largest absolute Gasteiger partial charge is 0.389 e.